The average molecular weight is 360 g/mol. The third-order valence-electron chi connectivity index (χ3n) is 5.45. The molecule has 4 nitrogen and oxygen atoms in total. The number of amides is 1. The molecule has 0 bridgehead atoms. The number of hydrogen-bond acceptors (Lipinski definition) is 3. The Balaban J connectivity index is 1.54. The third-order valence-corrected chi connectivity index (χ3v) is 5.45. The second kappa shape index (κ2) is 7.78. The number of phenols is 1. The minimum atomic E-state index is 0.0923. The fraction of sp³-hybridized carbons (Fsp3) is 0.304. The van der Waals surface area contributed by atoms with E-state index in [9.17, 15) is 9.90 Å². The molecule has 1 fully saturated rings. The number of piperidine rings is 1. The summed E-state index contributed by atoms with van der Waals surface area (Å²) in [4.78, 5) is 19.8. The van der Waals surface area contributed by atoms with Crippen LogP contribution in [-0.4, -0.2) is 33.5 Å². The van der Waals surface area contributed by atoms with Gasteiger partial charge in [0.1, 0.15) is 5.75 Å². The molecule has 2 heterocycles. The lowest BCUT2D eigenvalue weighted by atomic mass is 9.94. The van der Waals surface area contributed by atoms with E-state index in [0.29, 0.717) is 5.56 Å². The number of phenolic OH excluding ortho intramolecular Hbond substituents is 1. The summed E-state index contributed by atoms with van der Waals surface area (Å²) in [5.41, 5.74) is 2.68. The molecule has 1 atom stereocenters. The summed E-state index contributed by atoms with van der Waals surface area (Å²) < 4.78 is 0. The highest BCUT2D eigenvalue weighted by molar-refractivity contribution is 6.05. The van der Waals surface area contributed by atoms with Gasteiger partial charge in [0.15, 0.2) is 0 Å². The van der Waals surface area contributed by atoms with E-state index in [1.54, 1.807) is 18.3 Å². The number of benzene rings is 2. The smallest absolute Gasteiger partial charge is 0.256 e. The first-order valence-electron chi connectivity index (χ1n) is 9.65. The SMILES string of the molecule is O=C(c1cccc2cccnc12)N1CCCC[C@H]1CCc1ccc(O)cc1. The summed E-state index contributed by atoms with van der Waals surface area (Å²) >= 11 is 0. The third kappa shape index (κ3) is 3.80. The number of aromatic nitrogens is 1. The zero-order chi connectivity index (χ0) is 18.6. The van der Waals surface area contributed by atoms with Crippen molar-refractivity contribution in [3.63, 3.8) is 0 Å². The van der Waals surface area contributed by atoms with Gasteiger partial charge in [-0.05, 0) is 61.9 Å². The average Bonchev–Trinajstić information content (AvgIpc) is 2.73. The lowest BCUT2D eigenvalue weighted by Crippen LogP contribution is -2.44. The first kappa shape index (κ1) is 17.5. The van der Waals surface area contributed by atoms with Gasteiger partial charge in [0, 0.05) is 24.2 Å². The van der Waals surface area contributed by atoms with E-state index in [4.69, 9.17) is 0 Å². The number of nitrogens with zero attached hydrogens (tertiary/aromatic N) is 2. The molecule has 4 rings (SSSR count). The van der Waals surface area contributed by atoms with Crippen molar-refractivity contribution in [2.75, 3.05) is 6.54 Å². The quantitative estimate of drug-likeness (QED) is 0.742. The highest BCUT2D eigenvalue weighted by Crippen LogP contribution is 2.26. The molecule has 1 N–H and O–H groups in total. The number of hydrogen-bond donors (Lipinski definition) is 1. The van der Waals surface area contributed by atoms with Gasteiger partial charge in [-0.2, -0.15) is 0 Å². The molecule has 138 valence electrons. The van der Waals surface area contributed by atoms with Crippen LogP contribution < -0.4 is 0 Å². The van der Waals surface area contributed by atoms with Crippen molar-refractivity contribution >= 4 is 16.8 Å². The Bertz CT molecular complexity index is 931. The topological polar surface area (TPSA) is 53.4 Å². The minimum Gasteiger partial charge on any atom is -0.508 e. The lowest BCUT2D eigenvalue weighted by Gasteiger charge is -2.36. The number of para-hydroxylation sites is 1. The predicted molar refractivity (Wildman–Crippen MR) is 107 cm³/mol. The van der Waals surface area contributed by atoms with Crippen LogP contribution in [0.25, 0.3) is 10.9 Å². The number of pyridine rings is 1. The minimum absolute atomic E-state index is 0.0923. The van der Waals surface area contributed by atoms with Crippen LogP contribution in [0.5, 0.6) is 5.75 Å². The van der Waals surface area contributed by atoms with Crippen molar-refractivity contribution in [2.24, 2.45) is 0 Å². The highest BCUT2D eigenvalue weighted by atomic mass is 16.3. The van der Waals surface area contributed by atoms with E-state index in [0.717, 1.165) is 49.6 Å². The monoisotopic (exact) mass is 360 g/mol. The van der Waals surface area contributed by atoms with Gasteiger partial charge < -0.3 is 10.0 Å². The van der Waals surface area contributed by atoms with E-state index >= 15 is 0 Å². The highest BCUT2D eigenvalue weighted by Gasteiger charge is 2.28. The van der Waals surface area contributed by atoms with E-state index < -0.39 is 0 Å². The summed E-state index contributed by atoms with van der Waals surface area (Å²) in [7, 11) is 0. The Morgan fingerprint density at radius 1 is 1.07 bits per heavy atom. The molecule has 2 aromatic carbocycles. The maximum Gasteiger partial charge on any atom is 0.256 e. The zero-order valence-corrected chi connectivity index (χ0v) is 15.3. The molecule has 1 aliphatic rings. The number of carbonyl (C=O) groups excluding carboxylic acids is 1. The van der Waals surface area contributed by atoms with Crippen molar-refractivity contribution in [2.45, 2.75) is 38.1 Å². The normalized spacial score (nSPS) is 17.2. The van der Waals surface area contributed by atoms with Crippen molar-refractivity contribution in [1.29, 1.82) is 0 Å². The van der Waals surface area contributed by atoms with Crippen molar-refractivity contribution in [3.8, 4) is 5.75 Å². The molecule has 3 aromatic rings. The fourth-order valence-electron chi connectivity index (χ4n) is 4.00. The number of fused-ring (bicyclic) bond motifs is 1. The second-order valence-corrected chi connectivity index (χ2v) is 7.23. The van der Waals surface area contributed by atoms with Crippen LogP contribution in [0.1, 0.15) is 41.6 Å². The standard InChI is InChI=1S/C23H24N2O2/c26-20-13-10-17(11-14-20)9-12-19-7-1-2-16-25(19)23(27)21-8-3-5-18-6-4-15-24-22(18)21/h3-6,8,10-11,13-15,19,26H,1-2,7,9,12,16H2/t19-/m0/s1. The fourth-order valence-corrected chi connectivity index (χ4v) is 4.00. The van der Waals surface area contributed by atoms with Crippen molar-refractivity contribution in [1.82, 2.24) is 9.88 Å². The van der Waals surface area contributed by atoms with Gasteiger partial charge >= 0.3 is 0 Å². The van der Waals surface area contributed by atoms with Crippen LogP contribution in [-0.2, 0) is 6.42 Å². The van der Waals surface area contributed by atoms with Crippen LogP contribution in [0, 0.1) is 0 Å². The van der Waals surface area contributed by atoms with E-state index in [1.807, 2.05) is 47.4 Å². The van der Waals surface area contributed by atoms with Crippen molar-refractivity contribution in [3.05, 3.63) is 71.9 Å². The molecule has 1 aliphatic heterocycles. The van der Waals surface area contributed by atoms with E-state index in [1.165, 1.54) is 5.56 Å². The van der Waals surface area contributed by atoms with E-state index in [-0.39, 0.29) is 17.7 Å². The Labute approximate surface area is 159 Å². The molecule has 1 aromatic heterocycles. The van der Waals surface area contributed by atoms with Crippen LogP contribution in [0.4, 0.5) is 0 Å². The largest absolute Gasteiger partial charge is 0.508 e. The molecular weight excluding hydrogens is 336 g/mol. The van der Waals surface area contributed by atoms with Crippen LogP contribution >= 0.6 is 0 Å². The Morgan fingerprint density at radius 2 is 1.89 bits per heavy atom. The first-order valence-corrected chi connectivity index (χ1v) is 9.65. The van der Waals surface area contributed by atoms with Gasteiger partial charge in [-0.3, -0.25) is 9.78 Å². The van der Waals surface area contributed by atoms with Crippen LogP contribution in [0.3, 0.4) is 0 Å². The van der Waals surface area contributed by atoms with Crippen LogP contribution in [0.2, 0.25) is 0 Å². The Hall–Kier alpha value is -2.88. The molecule has 0 aliphatic carbocycles. The van der Waals surface area contributed by atoms with Gasteiger partial charge in [0.2, 0.25) is 0 Å². The van der Waals surface area contributed by atoms with Gasteiger partial charge in [0.25, 0.3) is 5.91 Å². The number of likely N-dealkylation sites (tertiary alicyclic amines) is 1. The molecule has 0 radical (unpaired) electrons. The lowest BCUT2D eigenvalue weighted by molar-refractivity contribution is 0.0604. The molecule has 4 heteroatoms. The molecule has 1 saturated heterocycles. The predicted octanol–water partition coefficient (Wildman–Crippen LogP) is 4.57. The maximum absolute atomic E-state index is 13.3. The van der Waals surface area contributed by atoms with E-state index in [2.05, 4.69) is 4.98 Å². The molecule has 1 amide bonds. The summed E-state index contributed by atoms with van der Waals surface area (Å²) in [6.45, 7) is 0.808. The number of carbonyl (C=O) groups is 1. The van der Waals surface area contributed by atoms with Gasteiger partial charge in [-0.25, -0.2) is 0 Å². The van der Waals surface area contributed by atoms with Crippen molar-refractivity contribution < 1.29 is 9.90 Å². The maximum atomic E-state index is 13.3. The van der Waals surface area contributed by atoms with Gasteiger partial charge in [0.05, 0.1) is 11.1 Å². The summed E-state index contributed by atoms with van der Waals surface area (Å²) in [5.74, 6) is 0.381. The summed E-state index contributed by atoms with van der Waals surface area (Å²) in [5, 5.41) is 10.4. The van der Waals surface area contributed by atoms with Crippen LogP contribution in [0.15, 0.2) is 60.8 Å². The Kier molecular flexibility index (Phi) is 5.05. The summed E-state index contributed by atoms with van der Waals surface area (Å²) in [6, 6.07) is 17.3. The number of aryl methyl sites for hydroxylation is 1. The summed E-state index contributed by atoms with van der Waals surface area (Å²) in [6.07, 6.45) is 6.86. The molecule has 27 heavy (non-hydrogen) atoms. The Morgan fingerprint density at radius 3 is 2.74 bits per heavy atom. The molecule has 0 unspecified atom stereocenters. The molecule has 0 spiro atoms. The first-order chi connectivity index (χ1) is 13.2. The van der Waals surface area contributed by atoms with Gasteiger partial charge in [-0.1, -0.05) is 30.3 Å². The molecular formula is C23H24N2O2. The number of rotatable bonds is 4. The number of aromatic hydroxyl groups is 1. The molecule has 0 saturated carbocycles. The zero-order valence-electron chi connectivity index (χ0n) is 15.3. The van der Waals surface area contributed by atoms with Gasteiger partial charge in [-0.15, -0.1) is 0 Å². The second-order valence-electron chi connectivity index (χ2n) is 7.23.